The van der Waals surface area contributed by atoms with Crippen molar-refractivity contribution in [1.82, 2.24) is 9.38 Å². The summed E-state index contributed by atoms with van der Waals surface area (Å²) in [5.74, 6) is 0.648. The van der Waals surface area contributed by atoms with Crippen LogP contribution in [0.3, 0.4) is 0 Å². The van der Waals surface area contributed by atoms with Crippen LogP contribution in [0.1, 0.15) is 34.7 Å². The molecule has 0 amide bonds. The molecule has 0 bridgehead atoms. The maximum atomic E-state index is 12.9. The fraction of sp³-hybridized carbons (Fsp3) is 0.250. The Morgan fingerprint density at radius 2 is 2.04 bits per heavy atom. The van der Waals surface area contributed by atoms with Gasteiger partial charge in [-0.15, -0.1) is 0 Å². The van der Waals surface area contributed by atoms with E-state index in [1.54, 1.807) is 37.7 Å². The minimum absolute atomic E-state index is 0.0286. The monoisotopic (exact) mass is 365 g/mol. The van der Waals surface area contributed by atoms with E-state index < -0.39 is 11.5 Å². The normalized spacial score (nSPS) is 13.6. The van der Waals surface area contributed by atoms with E-state index in [4.69, 9.17) is 15.2 Å². The summed E-state index contributed by atoms with van der Waals surface area (Å²) < 4.78 is 12.0. The van der Waals surface area contributed by atoms with Crippen LogP contribution in [0.2, 0.25) is 0 Å². The molecule has 3 heterocycles. The van der Waals surface area contributed by atoms with Crippen molar-refractivity contribution in [3.05, 3.63) is 58.1 Å². The Hall–Kier alpha value is -3.35. The van der Waals surface area contributed by atoms with Gasteiger partial charge in [0.2, 0.25) is 0 Å². The maximum Gasteiger partial charge on any atom is 0.343 e. The molecule has 138 valence electrons. The number of esters is 1. The van der Waals surface area contributed by atoms with Gasteiger partial charge in [0.05, 0.1) is 19.7 Å². The molecule has 0 saturated heterocycles. The van der Waals surface area contributed by atoms with Crippen LogP contribution in [0, 0.1) is 0 Å². The Balaban J connectivity index is 2.05. The zero-order valence-corrected chi connectivity index (χ0v) is 15.1. The number of nitrogen functional groups attached to an aromatic ring is 1. The average Bonchev–Trinajstić information content (AvgIpc) is 3.52. The molecule has 1 aliphatic carbocycles. The average molecular weight is 365 g/mol. The van der Waals surface area contributed by atoms with Crippen LogP contribution in [-0.2, 0) is 4.74 Å². The van der Waals surface area contributed by atoms with Gasteiger partial charge in [0.1, 0.15) is 11.4 Å². The molecular weight excluding hydrogens is 346 g/mol. The van der Waals surface area contributed by atoms with E-state index >= 15 is 0 Å². The number of rotatable bonds is 4. The lowest BCUT2D eigenvalue weighted by Gasteiger charge is -2.16. The Morgan fingerprint density at radius 3 is 2.63 bits per heavy atom. The summed E-state index contributed by atoms with van der Waals surface area (Å²) in [5, 5.41) is 0. The van der Waals surface area contributed by atoms with E-state index in [0.29, 0.717) is 17.1 Å². The molecule has 0 unspecified atom stereocenters. The number of carbonyl (C=O) groups excluding carboxylic acids is 1. The molecule has 3 aromatic rings. The van der Waals surface area contributed by atoms with Crippen LogP contribution in [0.15, 0.2) is 41.5 Å². The summed E-state index contributed by atoms with van der Waals surface area (Å²) in [5.41, 5.74) is 8.50. The van der Waals surface area contributed by atoms with Crippen LogP contribution in [0.25, 0.3) is 16.6 Å². The van der Waals surface area contributed by atoms with Crippen molar-refractivity contribution in [2.75, 3.05) is 20.0 Å². The Kier molecular flexibility index (Phi) is 4.07. The second-order valence-electron chi connectivity index (χ2n) is 6.54. The molecule has 0 spiro atoms. The molecule has 7 nitrogen and oxygen atoms in total. The van der Waals surface area contributed by atoms with Crippen LogP contribution in [0.4, 0.5) is 5.82 Å². The number of nitrogens with two attached hydrogens (primary N) is 1. The number of hydrogen-bond donors (Lipinski definition) is 1. The number of anilines is 1. The van der Waals surface area contributed by atoms with Gasteiger partial charge in [-0.3, -0.25) is 9.20 Å². The van der Waals surface area contributed by atoms with Gasteiger partial charge < -0.3 is 15.2 Å². The lowest BCUT2D eigenvalue weighted by atomic mass is 10.0. The van der Waals surface area contributed by atoms with E-state index in [2.05, 4.69) is 4.98 Å². The first kappa shape index (κ1) is 17.1. The summed E-state index contributed by atoms with van der Waals surface area (Å²) >= 11 is 0. The SMILES string of the molecule is COC(=O)c1cc(C2CC2)c2c(OC)c(-c3ccc(N)nc3)ccn2c1=O. The van der Waals surface area contributed by atoms with E-state index in [-0.39, 0.29) is 11.5 Å². The number of ether oxygens (including phenoxy) is 2. The smallest absolute Gasteiger partial charge is 0.343 e. The first-order valence-corrected chi connectivity index (χ1v) is 8.61. The Labute approximate surface area is 155 Å². The summed E-state index contributed by atoms with van der Waals surface area (Å²) in [6, 6.07) is 6.99. The summed E-state index contributed by atoms with van der Waals surface area (Å²) in [7, 11) is 2.84. The van der Waals surface area contributed by atoms with E-state index in [1.807, 2.05) is 6.07 Å². The first-order valence-electron chi connectivity index (χ1n) is 8.61. The standard InChI is InChI=1S/C20H19N3O4/c1-26-18-13(12-5-6-16(21)22-10-12)7-8-23-17(18)14(11-3-4-11)9-15(19(23)24)20(25)27-2/h5-11H,3-4H2,1-2H3,(H2,21,22). The largest absolute Gasteiger partial charge is 0.494 e. The van der Waals surface area contributed by atoms with Crippen LogP contribution in [-0.4, -0.2) is 29.6 Å². The summed E-state index contributed by atoms with van der Waals surface area (Å²) in [6.07, 6.45) is 5.34. The van der Waals surface area contributed by atoms with Gasteiger partial charge in [-0.25, -0.2) is 9.78 Å². The molecule has 4 rings (SSSR count). The lowest BCUT2D eigenvalue weighted by molar-refractivity contribution is 0.0598. The van der Waals surface area contributed by atoms with E-state index in [0.717, 1.165) is 29.5 Å². The number of aromatic nitrogens is 2. The number of hydrogen-bond acceptors (Lipinski definition) is 6. The first-order chi connectivity index (χ1) is 13.0. The number of methoxy groups -OCH3 is 2. The summed E-state index contributed by atoms with van der Waals surface area (Å²) in [4.78, 5) is 29.1. The van der Waals surface area contributed by atoms with E-state index in [9.17, 15) is 9.59 Å². The molecular formula is C20H19N3O4. The number of pyridine rings is 3. The molecule has 1 saturated carbocycles. The van der Waals surface area contributed by atoms with Gasteiger partial charge in [-0.1, -0.05) is 0 Å². The second-order valence-corrected chi connectivity index (χ2v) is 6.54. The van der Waals surface area contributed by atoms with Crippen LogP contribution >= 0.6 is 0 Å². The van der Waals surface area contributed by atoms with Crippen molar-refractivity contribution in [1.29, 1.82) is 0 Å². The maximum absolute atomic E-state index is 12.9. The predicted octanol–water partition coefficient (Wildman–Crippen LogP) is 2.62. The zero-order chi connectivity index (χ0) is 19.1. The minimum atomic E-state index is -0.637. The van der Waals surface area contributed by atoms with Crippen LogP contribution in [0.5, 0.6) is 5.75 Å². The fourth-order valence-corrected chi connectivity index (χ4v) is 3.35. The van der Waals surface area contributed by atoms with Crippen molar-refractivity contribution >= 4 is 17.3 Å². The molecule has 2 N–H and O–H groups in total. The Bertz CT molecular complexity index is 1100. The Morgan fingerprint density at radius 1 is 1.26 bits per heavy atom. The molecule has 1 aliphatic rings. The molecule has 0 aliphatic heterocycles. The van der Waals surface area contributed by atoms with Gasteiger partial charge in [-0.2, -0.15) is 0 Å². The lowest BCUT2D eigenvalue weighted by Crippen LogP contribution is -2.24. The highest BCUT2D eigenvalue weighted by Gasteiger charge is 2.30. The second kappa shape index (κ2) is 6.42. The van der Waals surface area contributed by atoms with Crippen molar-refractivity contribution in [2.45, 2.75) is 18.8 Å². The van der Waals surface area contributed by atoms with Gasteiger partial charge >= 0.3 is 5.97 Å². The van der Waals surface area contributed by atoms with Gasteiger partial charge in [0.15, 0.2) is 5.75 Å². The molecule has 3 aromatic heterocycles. The third-order valence-electron chi connectivity index (χ3n) is 4.84. The number of nitrogens with zero attached hydrogens (tertiary/aromatic N) is 2. The highest BCUT2D eigenvalue weighted by atomic mass is 16.5. The van der Waals surface area contributed by atoms with Gasteiger partial charge in [0, 0.05) is 23.5 Å². The highest BCUT2D eigenvalue weighted by Crippen LogP contribution is 2.45. The molecule has 0 atom stereocenters. The van der Waals surface area contributed by atoms with Crippen molar-refractivity contribution in [2.24, 2.45) is 0 Å². The molecule has 1 fully saturated rings. The van der Waals surface area contributed by atoms with Gasteiger partial charge in [0.25, 0.3) is 5.56 Å². The third-order valence-corrected chi connectivity index (χ3v) is 4.84. The zero-order valence-electron chi connectivity index (χ0n) is 15.1. The fourth-order valence-electron chi connectivity index (χ4n) is 3.35. The predicted molar refractivity (Wildman–Crippen MR) is 101 cm³/mol. The molecule has 0 aromatic carbocycles. The molecule has 27 heavy (non-hydrogen) atoms. The van der Waals surface area contributed by atoms with Crippen molar-refractivity contribution < 1.29 is 14.3 Å². The topological polar surface area (TPSA) is 95.9 Å². The minimum Gasteiger partial charge on any atom is -0.494 e. The summed E-state index contributed by atoms with van der Waals surface area (Å²) in [6.45, 7) is 0. The number of fused-ring (bicyclic) bond motifs is 1. The van der Waals surface area contributed by atoms with Crippen molar-refractivity contribution in [3.63, 3.8) is 0 Å². The third kappa shape index (κ3) is 2.81. The highest BCUT2D eigenvalue weighted by molar-refractivity contribution is 5.91. The quantitative estimate of drug-likeness (QED) is 0.714. The molecule has 7 heteroatoms. The number of carbonyl (C=O) groups is 1. The van der Waals surface area contributed by atoms with E-state index in [1.165, 1.54) is 11.5 Å². The van der Waals surface area contributed by atoms with Crippen molar-refractivity contribution in [3.8, 4) is 16.9 Å². The molecule has 0 radical (unpaired) electrons. The van der Waals surface area contributed by atoms with Crippen LogP contribution < -0.4 is 16.0 Å². The van der Waals surface area contributed by atoms with Gasteiger partial charge in [-0.05, 0) is 48.6 Å².